The van der Waals surface area contributed by atoms with E-state index in [0.29, 0.717) is 41.2 Å². The molecule has 3 fully saturated rings. The van der Waals surface area contributed by atoms with Crippen molar-refractivity contribution in [2.24, 2.45) is 7.05 Å². The number of anilines is 2. The smallest absolute Gasteiger partial charge is 0.329 e. The van der Waals surface area contributed by atoms with Crippen LogP contribution in [-0.2, 0) is 34.3 Å². The maximum Gasteiger partial charge on any atom is 0.329 e. The summed E-state index contributed by atoms with van der Waals surface area (Å²) in [6, 6.07) is 19.0. The minimum absolute atomic E-state index is 0.225. The van der Waals surface area contributed by atoms with Gasteiger partial charge >= 0.3 is 5.69 Å². The molecule has 2 amide bonds. The fourth-order valence-electron chi connectivity index (χ4n) is 9.92. The lowest BCUT2D eigenvalue weighted by Gasteiger charge is -2.34. The number of imide groups is 1. The molecule has 1 unspecified atom stereocenters. The summed E-state index contributed by atoms with van der Waals surface area (Å²) in [6.07, 6.45) is 15.7. The molecule has 6 aromatic rings. The largest absolute Gasteiger partial charge is 0.381 e. The molecule has 2 saturated heterocycles. The summed E-state index contributed by atoms with van der Waals surface area (Å²) in [5.74, 6) is -0.712. The number of imidazole rings is 1. The minimum Gasteiger partial charge on any atom is -0.381 e. The van der Waals surface area contributed by atoms with E-state index < -0.39 is 17.8 Å². The number of aryl methyl sites for hydroxylation is 2. The molecule has 1 saturated carbocycles. The van der Waals surface area contributed by atoms with Gasteiger partial charge in [0.15, 0.2) is 0 Å². The summed E-state index contributed by atoms with van der Waals surface area (Å²) in [6.45, 7) is 7.79. The lowest BCUT2D eigenvalue weighted by molar-refractivity contribution is -0.135. The fraction of sp³-hybridized carbons (Fsp3) is 0.460. The Morgan fingerprint density at radius 2 is 1.62 bits per heavy atom. The van der Waals surface area contributed by atoms with Gasteiger partial charge in [-0.05, 0) is 105 Å². The van der Waals surface area contributed by atoms with Crippen LogP contribution in [0.15, 0.2) is 77.9 Å². The van der Waals surface area contributed by atoms with Gasteiger partial charge in [-0.15, -0.1) is 0 Å². The van der Waals surface area contributed by atoms with Crippen LogP contribution >= 0.6 is 11.6 Å². The second-order valence-electron chi connectivity index (χ2n) is 18.0. The van der Waals surface area contributed by atoms with Crippen molar-refractivity contribution in [3.63, 3.8) is 0 Å². The SMILES string of the molecule is Cn1c(=O)n(C2CCC(=O)NC2=O)c2ccc(CCCOCCCCCN3CCN(Cc4ccc(-c5cn(C6CCCCC6)c6nc(Nc7cc(F)cc(Cl)c7)ncc56)cc4)CC3)cc21. The van der Waals surface area contributed by atoms with Gasteiger partial charge in [-0.25, -0.2) is 14.2 Å². The Labute approximate surface area is 383 Å². The standard InChI is InChI=1S/C50H59ClFN9O4/c1-57-45-27-34(14-17-43(45)61(50(57)64)44-18-19-46(62)55-48(44)63)9-8-26-65-25-7-3-6-20-58-21-23-59(24-22-58)32-35-12-15-36(16-13-35)42-33-60(40-10-4-2-5-11-40)47-41(42)31-53-49(56-47)54-39-29-37(51)28-38(52)30-39/h12-17,27-31,33,40,44H,2-11,18-26,32H2,1H3,(H,53,54,56)(H,55,62,63). The van der Waals surface area contributed by atoms with Crippen LogP contribution in [0.5, 0.6) is 0 Å². The molecule has 9 rings (SSSR count). The second kappa shape index (κ2) is 20.4. The van der Waals surface area contributed by atoms with Crippen LogP contribution < -0.4 is 16.3 Å². The van der Waals surface area contributed by atoms with Crippen LogP contribution in [0.3, 0.4) is 0 Å². The fourth-order valence-corrected chi connectivity index (χ4v) is 10.1. The molecular weight excluding hydrogens is 845 g/mol. The van der Waals surface area contributed by atoms with Crippen LogP contribution in [0.1, 0.15) is 93.8 Å². The molecule has 342 valence electrons. The number of unbranched alkanes of at least 4 members (excludes halogenated alkanes) is 2. The molecule has 2 N–H and O–H groups in total. The van der Waals surface area contributed by atoms with Crippen molar-refractivity contribution in [2.45, 2.75) is 95.7 Å². The number of hydrogen-bond acceptors (Lipinski definition) is 9. The lowest BCUT2D eigenvalue weighted by atomic mass is 9.95. The predicted molar refractivity (Wildman–Crippen MR) is 253 cm³/mol. The Balaban J connectivity index is 0.691. The van der Waals surface area contributed by atoms with Gasteiger partial charge in [0.05, 0.1) is 11.0 Å². The minimum atomic E-state index is -0.676. The first-order valence-electron chi connectivity index (χ1n) is 23.4. The number of nitrogens with zero attached hydrogens (tertiary/aromatic N) is 7. The quantitative estimate of drug-likeness (QED) is 0.0682. The maximum absolute atomic E-state index is 14.1. The normalized spacial score (nSPS) is 17.9. The first-order valence-corrected chi connectivity index (χ1v) is 23.8. The van der Waals surface area contributed by atoms with Crippen molar-refractivity contribution in [1.29, 1.82) is 0 Å². The molecule has 0 bridgehead atoms. The number of nitrogens with one attached hydrogen (secondary N) is 2. The first kappa shape index (κ1) is 44.8. The highest BCUT2D eigenvalue weighted by atomic mass is 35.5. The third kappa shape index (κ3) is 10.5. The van der Waals surface area contributed by atoms with Gasteiger partial charge < -0.3 is 19.5 Å². The molecule has 3 aromatic carbocycles. The van der Waals surface area contributed by atoms with E-state index in [2.05, 4.69) is 60.4 Å². The summed E-state index contributed by atoms with van der Waals surface area (Å²) in [5.41, 5.74) is 7.35. The molecule has 15 heteroatoms. The number of carbonyl (C=O) groups is 2. The molecular formula is C50H59ClFN9O4. The van der Waals surface area contributed by atoms with Crippen molar-refractivity contribution in [3.05, 3.63) is 106 Å². The van der Waals surface area contributed by atoms with Crippen LogP contribution in [0, 0.1) is 5.82 Å². The molecule has 2 aliphatic heterocycles. The molecule has 3 aliphatic rings. The Morgan fingerprint density at radius 1 is 0.846 bits per heavy atom. The van der Waals surface area contributed by atoms with Gasteiger partial charge in [-0.2, -0.15) is 4.98 Å². The predicted octanol–water partition coefficient (Wildman–Crippen LogP) is 8.71. The number of hydrogen-bond donors (Lipinski definition) is 2. The number of rotatable bonds is 17. The Kier molecular flexibility index (Phi) is 14.1. The third-order valence-corrected chi connectivity index (χ3v) is 13.7. The van der Waals surface area contributed by atoms with Crippen LogP contribution in [0.2, 0.25) is 5.02 Å². The number of benzene rings is 3. The zero-order valence-electron chi connectivity index (χ0n) is 37.2. The molecule has 1 atom stereocenters. The molecule has 65 heavy (non-hydrogen) atoms. The van der Waals surface area contributed by atoms with Crippen LogP contribution in [0.4, 0.5) is 16.0 Å². The van der Waals surface area contributed by atoms with E-state index in [0.717, 1.165) is 118 Å². The van der Waals surface area contributed by atoms with E-state index in [4.69, 9.17) is 21.3 Å². The van der Waals surface area contributed by atoms with Crippen LogP contribution in [-0.4, -0.2) is 91.2 Å². The van der Waals surface area contributed by atoms with E-state index in [9.17, 15) is 18.8 Å². The van der Waals surface area contributed by atoms with Crippen molar-refractivity contribution in [1.82, 2.24) is 38.8 Å². The van der Waals surface area contributed by atoms with Gasteiger partial charge in [0, 0.05) is 99.5 Å². The van der Waals surface area contributed by atoms with E-state index >= 15 is 0 Å². The average Bonchev–Trinajstić information content (AvgIpc) is 3.80. The number of fused-ring (bicyclic) bond motifs is 2. The molecule has 5 heterocycles. The van der Waals surface area contributed by atoms with Crippen molar-refractivity contribution >= 4 is 57.1 Å². The van der Waals surface area contributed by atoms with E-state index in [-0.39, 0.29) is 18.0 Å². The van der Waals surface area contributed by atoms with Gasteiger partial charge in [-0.1, -0.05) is 61.2 Å². The van der Waals surface area contributed by atoms with Crippen LogP contribution in [0.25, 0.3) is 33.2 Å². The third-order valence-electron chi connectivity index (χ3n) is 13.5. The Morgan fingerprint density at radius 3 is 2.40 bits per heavy atom. The Bertz CT molecular complexity index is 2680. The Hall–Kier alpha value is -5.41. The van der Waals surface area contributed by atoms with E-state index in [1.54, 1.807) is 17.7 Å². The lowest BCUT2D eigenvalue weighted by Crippen LogP contribution is -2.46. The molecule has 0 spiro atoms. The van der Waals surface area contributed by atoms with Gasteiger partial charge in [0.1, 0.15) is 17.5 Å². The monoisotopic (exact) mass is 903 g/mol. The van der Waals surface area contributed by atoms with E-state index in [1.807, 2.05) is 24.4 Å². The molecule has 0 radical (unpaired) electrons. The summed E-state index contributed by atoms with van der Waals surface area (Å²) in [7, 11) is 1.72. The number of ether oxygens (including phenoxy) is 1. The summed E-state index contributed by atoms with van der Waals surface area (Å²) in [4.78, 5) is 52.0. The van der Waals surface area contributed by atoms with Crippen molar-refractivity contribution < 1.29 is 18.7 Å². The number of carbonyl (C=O) groups excluding carboxylic acids is 2. The van der Waals surface area contributed by atoms with Gasteiger partial charge in [-0.3, -0.25) is 28.9 Å². The zero-order valence-corrected chi connectivity index (χ0v) is 38.0. The number of halogens is 2. The highest BCUT2D eigenvalue weighted by molar-refractivity contribution is 6.30. The topological polar surface area (TPSA) is 132 Å². The zero-order chi connectivity index (χ0) is 44.9. The molecule has 1 aliphatic carbocycles. The first-order chi connectivity index (χ1) is 31.7. The van der Waals surface area contributed by atoms with Crippen molar-refractivity contribution in [2.75, 3.05) is 51.3 Å². The summed E-state index contributed by atoms with van der Waals surface area (Å²) in [5, 5.41) is 6.85. The molecule has 13 nitrogen and oxygen atoms in total. The van der Waals surface area contributed by atoms with Gasteiger partial charge in [0.25, 0.3) is 0 Å². The van der Waals surface area contributed by atoms with E-state index in [1.165, 1.54) is 47.9 Å². The second-order valence-corrected chi connectivity index (χ2v) is 18.5. The maximum atomic E-state index is 14.1. The van der Waals surface area contributed by atoms with Gasteiger partial charge in [0.2, 0.25) is 17.8 Å². The number of aromatic nitrogens is 5. The van der Waals surface area contributed by atoms with Crippen molar-refractivity contribution in [3.8, 4) is 11.1 Å². The number of piperidine rings is 1. The number of amides is 2. The summed E-state index contributed by atoms with van der Waals surface area (Å²) < 4.78 is 25.5. The average molecular weight is 905 g/mol. The molecule has 3 aromatic heterocycles. The summed E-state index contributed by atoms with van der Waals surface area (Å²) >= 11 is 6.11. The highest BCUT2D eigenvalue weighted by Crippen LogP contribution is 2.37. The number of piperazine rings is 1. The highest BCUT2D eigenvalue weighted by Gasteiger charge is 2.31.